The van der Waals surface area contributed by atoms with Gasteiger partial charge in [-0.25, -0.2) is 4.79 Å². The Kier molecular flexibility index (Phi) is 4.95. The van der Waals surface area contributed by atoms with E-state index in [-0.39, 0.29) is 12.8 Å². The fourth-order valence-corrected chi connectivity index (χ4v) is 2.72. The van der Waals surface area contributed by atoms with E-state index in [1.165, 1.54) is 11.3 Å². The molecular weight excluding hydrogens is 310 g/mol. The quantitative estimate of drug-likeness (QED) is 0.749. The minimum Gasteiger partial charge on any atom is -0.481 e. The van der Waals surface area contributed by atoms with E-state index in [1.54, 1.807) is 0 Å². The van der Waals surface area contributed by atoms with Crippen LogP contribution in [0.25, 0.3) is 0 Å². The summed E-state index contributed by atoms with van der Waals surface area (Å²) in [6.45, 7) is 1.90. The Morgan fingerprint density at radius 3 is 2.59 bits per heavy atom. The van der Waals surface area contributed by atoms with Crippen LogP contribution in [0.4, 0.5) is 5.00 Å². The van der Waals surface area contributed by atoms with Crippen molar-refractivity contribution in [2.75, 3.05) is 5.32 Å². The summed E-state index contributed by atoms with van der Waals surface area (Å²) >= 11 is 4.73. The number of halogens is 1. The van der Waals surface area contributed by atoms with Crippen molar-refractivity contribution in [1.82, 2.24) is 0 Å². The maximum atomic E-state index is 10.9. The zero-order valence-electron chi connectivity index (χ0n) is 9.07. The summed E-state index contributed by atoms with van der Waals surface area (Å²) in [6.07, 6.45) is -0.116. The second-order valence-corrected chi connectivity index (χ2v) is 5.91. The molecule has 7 heteroatoms. The molecule has 0 saturated carbocycles. The van der Waals surface area contributed by atoms with Crippen LogP contribution >= 0.6 is 27.3 Å². The number of nitrogens with one attached hydrogen (secondary N) is 1. The molecular formula is C10H12BrNO4S. The number of aryl methyl sites for hydroxylation is 1. The van der Waals surface area contributed by atoms with Gasteiger partial charge in [0.15, 0.2) is 0 Å². The highest BCUT2D eigenvalue weighted by atomic mass is 79.9. The highest BCUT2D eigenvalue weighted by Crippen LogP contribution is 2.31. The number of aliphatic carboxylic acids is 2. The molecule has 0 aliphatic heterocycles. The zero-order valence-corrected chi connectivity index (χ0v) is 11.5. The molecule has 0 spiro atoms. The number of anilines is 1. The van der Waals surface area contributed by atoms with Crippen molar-refractivity contribution >= 4 is 44.2 Å². The van der Waals surface area contributed by atoms with Crippen LogP contribution in [0.2, 0.25) is 0 Å². The number of hydrogen-bond acceptors (Lipinski definition) is 4. The molecule has 94 valence electrons. The highest BCUT2D eigenvalue weighted by Gasteiger charge is 2.19. The lowest BCUT2D eigenvalue weighted by Crippen LogP contribution is -2.29. The van der Waals surface area contributed by atoms with Gasteiger partial charge in [0.25, 0.3) is 0 Å². The fraction of sp³-hybridized carbons (Fsp3) is 0.400. The first-order valence-electron chi connectivity index (χ1n) is 4.87. The zero-order chi connectivity index (χ0) is 13.0. The monoisotopic (exact) mass is 321 g/mol. The molecule has 1 atom stereocenters. The molecule has 5 nitrogen and oxygen atoms in total. The first-order chi connectivity index (χ1) is 7.90. The lowest BCUT2D eigenvalue weighted by atomic mass is 10.1. The van der Waals surface area contributed by atoms with Gasteiger partial charge >= 0.3 is 11.9 Å². The van der Waals surface area contributed by atoms with E-state index in [2.05, 4.69) is 21.2 Å². The third-order valence-electron chi connectivity index (χ3n) is 2.12. The summed E-state index contributed by atoms with van der Waals surface area (Å²) < 4.78 is 0.933. The average Bonchev–Trinajstić information content (AvgIpc) is 2.52. The van der Waals surface area contributed by atoms with Crippen LogP contribution in [0.3, 0.4) is 0 Å². The second kappa shape index (κ2) is 6.02. The van der Waals surface area contributed by atoms with Gasteiger partial charge in [-0.3, -0.25) is 4.79 Å². The third kappa shape index (κ3) is 4.35. The van der Waals surface area contributed by atoms with Crippen LogP contribution in [0.5, 0.6) is 0 Å². The van der Waals surface area contributed by atoms with Crippen LogP contribution in [0.1, 0.15) is 18.4 Å². The minimum absolute atomic E-state index is 0.0548. The first-order valence-corrected chi connectivity index (χ1v) is 6.48. The molecule has 0 radical (unpaired) electrons. The van der Waals surface area contributed by atoms with Gasteiger partial charge in [0.2, 0.25) is 0 Å². The Hall–Kier alpha value is -1.08. The van der Waals surface area contributed by atoms with E-state index < -0.39 is 18.0 Å². The van der Waals surface area contributed by atoms with Gasteiger partial charge in [-0.05, 0) is 40.9 Å². The number of carbonyl (C=O) groups is 2. The molecule has 1 aromatic rings. The van der Waals surface area contributed by atoms with Crippen molar-refractivity contribution in [1.29, 1.82) is 0 Å². The van der Waals surface area contributed by atoms with Crippen molar-refractivity contribution in [2.24, 2.45) is 0 Å². The number of carboxylic acid groups (broad SMARTS) is 2. The third-order valence-corrected chi connectivity index (χ3v) is 4.19. The maximum Gasteiger partial charge on any atom is 0.326 e. The van der Waals surface area contributed by atoms with Crippen LogP contribution in [0, 0.1) is 6.92 Å². The number of hydrogen-bond donors (Lipinski definition) is 3. The molecule has 3 N–H and O–H groups in total. The van der Waals surface area contributed by atoms with Gasteiger partial charge in [0.1, 0.15) is 6.04 Å². The first kappa shape index (κ1) is 14.0. The highest BCUT2D eigenvalue weighted by molar-refractivity contribution is 9.11. The minimum atomic E-state index is -1.05. The lowest BCUT2D eigenvalue weighted by Gasteiger charge is -2.12. The van der Waals surface area contributed by atoms with Gasteiger partial charge in [-0.1, -0.05) is 0 Å². The maximum absolute atomic E-state index is 10.9. The molecule has 0 amide bonds. The van der Waals surface area contributed by atoms with Crippen molar-refractivity contribution in [2.45, 2.75) is 25.8 Å². The summed E-state index contributed by atoms with van der Waals surface area (Å²) in [5.74, 6) is -2.05. The van der Waals surface area contributed by atoms with Gasteiger partial charge in [-0.2, -0.15) is 0 Å². The molecule has 1 aromatic heterocycles. The molecule has 1 rings (SSSR count). The van der Waals surface area contributed by atoms with E-state index >= 15 is 0 Å². The van der Waals surface area contributed by atoms with Gasteiger partial charge < -0.3 is 15.5 Å². The van der Waals surface area contributed by atoms with Crippen molar-refractivity contribution in [3.05, 3.63) is 15.4 Å². The fourth-order valence-electron chi connectivity index (χ4n) is 1.23. The Bertz CT molecular complexity index is 412. The molecule has 0 bridgehead atoms. The summed E-state index contributed by atoms with van der Waals surface area (Å²) in [6, 6.07) is 0.946. The van der Waals surface area contributed by atoms with Crippen LogP contribution in [-0.2, 0) is 9.59 Å². The lowest BCUT2D eigenvalue weighted by molar-refractivity contribution is -0.139. The molecule has 0 unspecified atom stereocenters. The van der Waals surface area contributed by atoms with E-state index in [0.717, 1.165) is 9.35 Å². The summed E-state index contributed by atoms with van der Waals surface area (Å²) in [7, 11) is 0. The summed E-state index contributed by atoms with van der Waals surface area (Å²) in [5, 5.41) is 21.0. The van der Waals surface area contributed by atoms with Crippen LogP contribution < -0.4 is 5.32 Å². The molecule has 0 fully saturated rings. The molecule has 0 aliphatic carbocycles. The normalized spacial score (nSPS) is 12.1. The number of carboxylic acids is 2. The van der Waals surface area contributed by atoms with E-state index in [9.17, 15) is 9.59 Å². The Morgan fingerprint density at radius 2 is 2.18 bits per heavy atom. The second-order valence-electron chi connectivity index (χ2n) is 3.53. The smallest absolute Gasteiger partial charge is 0.326 e. The SMILES string of the molecule is Cc1cc(N[C@@H](CCC(=O)O)C(=O)O)sc1Br. The van der Waals surface area contributed by atoms with Crippen LogP contribution in [-0.4, -0.2) is 28.2 Å². The Balaban J connectivity index is 2.66. The van der Waals surface area contributed by atoms with Crippen molar-refractivity contribution in [3.8, 4) is 0 Å². The topological polar surface area (TPSA) is 86.6 Å². The van der Waals surface area contributed by atoms with Crippen LogP contribution in [0.15, 0.2) is 9.85 Å². The molecule has 17 heavy (non-hydrogen) atoms. The predicted octanol–water partition coefficient (Wildman–Crippen LogP) is 2.55. The number of rotatable bonds is 6. The van der Waals surface area contributed by atoms with Crippen molar-refractivity contribution in [3.63, 3.8) is 0 Å². The van der Waals surface area contributed by atoms with Crippen molar-refractivity contribution < 1.29 is 19.8 Å². The standard InChI is InChI=1S/C10H12BrNO4S/c1-5-4-7(17-9(5)11)12-6(10(15)16)2-3-8(13)14/h4,6,12H,2-3H2,1H3,(H,13,14)(H,15,16)/t6-/m0/s1. The van der Waals surface area contributed by atoms with Gasteiger partial charge in [-0.15, -0.1) is 11.3 Å². The number of thiophene rings is 1. The largest absolute Gasteiger partial charge is 0.481 e. The predicted molar refractivity (Wildman–Crippen MR) is 68.7 cm³/mol. The Labute approximate surface area is 111 Å². The molecule has 1 heterocycles. The van der Waals surface area contributed by atoms with Gasteiger partial charge in [0.05, 0.1) is 8.79 Å². The summed E-state index contributed by atoms with van der Waals surface area (Å²) in [5.41, 5.74) is 1.01. The molecule has 0 saturated heterocycles. The van der Waals surface area contributed by atoms with E-state index in [0.29, 0.717) is 5.00 Å². The average molecular weight is 322 g/mol. The van der Waals surface area contributed by atoms with E-state index in [4.69, 9.17) is 10.2 Å². The molecule has 0 aromatic carbocycles. The Morgan fingerprint density at radius 1 is 1.53 bits per heavy atom. The van der Waals surface area contributed by atoms with Gasteiger partial charge in [0, 0.05) is 6.42 Å². The summed E-state index contributed by atoms with van der Waals surface area (Å²) in [4.78, 5) is 21.4. The van der Waals surface area contributed by atoms with E-state index in [1.807, 2.05) is 13.0 Å². The molecule has 0 aliphatic rings.